The van der Waals surface area contributed by atoms with E-state index in [1.54, 1.807) is 0 Å². The fourth-order valence-corrected chi connectivity index (χ4v) is 1.74. The summed E-state index contributed by atoms with van der Waals surface area (Å²) in [7, 11) is 3.99. The maximum Gasteiger partial charge on any atom is 0.152 e. The first kappa shape index (κ1) is 14.6. The van der Waals surface area contributed by atoms with Gasteiger partial charge in [-0.25, -0.2) is 0 Å². The van der Waals surface area contributed by atoms with Gasteiger partial charge in [0.15, 0.2) is 5.78 Å². The average Bonchev–Trinajstić information content (AvgIpc) is 2.22. The summed E-state index contributed by atoms with van der Waals surface area (Å²) in [6.45, 7) is 6.33. The molecule has 15 heavy (non-hydrogen) atoms. The Morgan fingerprint density at radius 2 is 1.73 bits per heavy atom. The van der Waals surface area contributed by atoms with Crippen LogP contribution in [-0.4, -0.2) is 30.3 Å². The second-order valence-electron chi connectivity index (χ2n) is 4.76. The van der Waals surface area contributed by atoms with E-state index in [0.29, 0.717) is 5.78 Å². The number of Topliss-reactive ketones (excluding diaryl/α,β-unsaturated/α-hetero) is 1. The third kappa shape index (κ3) is 4.33. The summed E-state index contributed by atoms with van der Waals surface area (Å²) in [5.41, 5.74) is -0.258. The highest BCUT2D eigenvalue weighted by atomic mass is 16.1. The number of carbonyl (C=O) groups is 1. The molecule has 2 nitrogen and oxygen atoms in total. The van der Waals surface area contributed by atoms with Crippen LogP contribution in [0.15, 0.2) is 0 Å². The minimum atomic E-state index is -0.258. The van der Waals surface area contributed by atoms with Crippen molar-refractivity contribution in [2.45, 2.75) is 64.8 Å². The van der Waals surface area contributed by atoms with Crippen LogP contribution in [0.1, 0.15) is 59.3 Å². The topological polar surface area (TPSA) is 20.3 Å². The number of nitrogens with zero attached hydrogens (tertiary/aromatic N) is 1. The maximum absolute atomic E-state index is 12.1. The summed E-state index contributed by atoms with van der Waals surface area (Å²) in [6, 6.07) is 0. The summed E-state index contributed by atoms with van der Waals surface area (Å²) in [6.07, 6.45) is 6.35. The van der Waals surface area contributed by atoms with Crippen molar-refractivity contribution in [1.82, 2.24) is 4.90 Å². The molecule has 0 radical (unpaired) electrons. The van der Waals surface area contributed by atoms with Crippen LogP contribution in [0.4, 0.5) is 0 Å². The summed E-state index contributed by atoms with van der Waals surface area (Å²) in [4.78, 5) is 14.1. The van der Waals surface area contributed by atoms with E-state index < -0.39 is 0 Å². The molecule has 0 aromatic carbocycles. The highest BCUT2D eigenvalue weighted by molar-refractivity contribution is 5.87. The first-order valence-corrected chi connectivity index (χ1v) is 6.19. The third-order valence-electron chi connectivity index (χ3n) is 3.53. The zero-order valence-electron chi connectivity index (χ0n) is 11.1. The molecule has 0 aliphatic rings. The molecule has 0 spiro atoms. The molecule has 2 heteroatoms. The molecule has 0 amide bonds. The Morgan fingerprint density at radius 3 is 2.13 bits per heavy atom. The van der Waals surface area contributed by atoms with Gasteiger partial charge in [0, 0.05) is 6.42 Å². The lowest BCUT2D eigenvalue weighted by Crippen LogP contribution is -2.47. The monoisotopic (exact) mass is 213 g/mol. The quantitative estimate of drug-likeness (QED) is 0.577. The van der Waals surface area contributed by atoms with Crippen molar-refractivity contribution < 1.29 is 4.79 Å². The van der Waals surface area contributed by atoms with Gasteiger partial charge in [0.25, 0.3) is 0 Å². The van der Waals surface area contributed by atoms with Gasteiger partial charge in [-0.1, -0.05) is 33.1 Å². The molecule has 0 bridgehead atoms. The van der Waals surface area contributed by atoms with E-state index in [1.165, 1.54) is 19.3 Å². The van der Waals surface area contributed by atoms with Gasteiger partial charge in [0.2, 0.25) is 0 Å². The molecule has 0 aromatic rings. The van der Waals surface area contributed by atoms with Crippen molar-refractivity contribution in [2.75, 3.05) is 14.1 Å². The van der Waals surface area contributed by atoms with E-state index in [-0.39, 0.29) is 5.54 Å². The largest absolute Gasteiger partial charge is 0.298 e. The van der Waals surface area contributed by atoms with E-state index in [1.807, 2.05) is 14.1 Å². The second kappa shape index (κ2) is 7.00. The number of carbonyl (C=O) groups excluding carboxylic acids is 1. The van der Waals surface area contributed by atoms with Gasteiger partial charge < -0.3 is 0 Å². The summed E-state index contributed by atoms with van der Waals surface area (Å²) in [5, 5.41) is 0. The summed E-state index contributed by atoms with van der Waals surface area (Å²) >= 11 is 0. The van der Waals surface area contributed by atoms with Crippen molar-refractivity contribution in [3.05, 3.63) is 0 Å². The molecule has 0 fully saturated rings. The number of likely N-dealkylation sites (N-methyl/N-ethyl adjacent to an activating group) is 1. The molecular formula is C13H27NO. The molecule has 0 rings (SSSR count). The Kier molecular flexibility index (Phi) is 6.82. The van der Waals surface area contributed by atoms with E-state index in [9.17, 15) is 4.79 Å². The fourth-order valence-electron chi connectivity index (χ4n) is 1.74. The van der Waals surface area contributed by atoms with Crippen molar-refractivity contribution in [1.29, 1.82) is 0 Å². The molecule has 90 valence electrons. The predicted molar refractivity (Wildman–Crippen MR) is 66.1 cm³/mol. The van der Waals surface area contributed by atoms with Gasteiger partial charge in [-0.2, -0.15) is 0 Å². The normalized spacial score (nSPS) is 15.3. The van der Waals surface area contributed by atoms with Crippen LogP contribution in [-0.2, 0) is 4.79 Å². The molecule has 0 aliphatic heterocycles. The van der Waals surface area contributed by atoms with Crippen LogP contribution in [0.2, 0.25) is 0 Å². The molecular weight excluding hydrogens is 186 g/mol. The zero-order valence-corrected chi connectivity index (χ0v) is 11.1. The molecule has 0 aromatic heterocycles. The van der Waals surface area contributed by atoms with Crippen LogP contribution in [0.3, 0.4) is 0 Å². The third-order valence-corrected chi connectivity index (χ3v) is 3.53. The number of hydrogen-bond acceptors (Lipinski definition) is 2. The molecule has 0 aliphatic carbocycles. The number of ketones is 1. The smallest absolute Gasteiger partial charge is 0.152 e. The highest BCUT2D eigenvalue weighted by Gasteiger charge is 2.32. The van der Waals surface area contributed by atoms with Gasteiger partial charge in [-0.05, 0) is 33.9 Å². The van der Waals surface area contributed by atoms with Crippen molar-refractivity contribution in [3.8, 4) is 0 Å². The Morgan fingerprint density at radius 1 is 1.13 bits per heavy atom. The van der Waals surface area contributed by atoms with Crippen LogP contribution >= 0.6 is 0 Å². The lowest BCUT2D eigenvalue weighted by molar-refractivity contribution is -0.129. The van der Waals surface area contributed by atoms with E-state index in [4.69, 9.17) is 0 Å². The van der Waals surface area contributed by atoms with Gasteiger partial charge in [0.1, 0.15) is 0 Å². The second-order valence-corrected chi connectivity index (χ2v) is 4.76. The minimum Gasteiger partial charge on any atom is -0.298 e. The molecule has 1 atom stereocenters. The van der Waals surface area contributed by atoms with E-state index >= 15 is 0 Å². The highest BCUT2D eigenvalue weighted by Crippen LogP contribution is 2.20. The first-order chi connectivity index (χ1) is 6.99. The van der Waals surface area contributed by atoms with Crippen LogP contribution in [0.5, 0.6) is 0 Å². The molecule has 0 heterocycles. The van der Waals surface area contributed by atoms with Crippen LogP contribution in [0, 0.1) is 0 Å². The predicted octanol–water partition coefficient (Wildman–Crippen LogP) is 3.26. The first-order valence-electron chi connectivity index (χ1n) is 6.19. The Bertz CT molecular complexity index is 189. The lowest BCUT2D eigenvalue weighted by Gasteiger charge is -2.34. The maximum atomic E-state index is 12.1. The van der Waals surface area contributed by atoms with Crippen molar-refractivity contribution in [3.63, 3.8) is 0 Å². The van der Waals surface area contributed by atoms with E-state index in [2.05, 4.69) is 25.7 Å². The minimum absolute atomic E-state index is 0.258. The van der Waals surface area contributed by atoms with Crippen LogP contribution < -0.4 is 0 Å². The van der Waals surface area contributed by atoms with Gasteiger partial charge in [-0.15, -0.1) is 0 Å². The van der Waals surface area contributed by atoms with Gasteiger partial charge >= 0.3 is 0 Å². The SMILES string of the molecule is CCCCCCC(=O)C(C)(CC)N(C)C. The summed E-state index contributed by atoms with van der Waals surface area (Å²) in [5.74, 6) is 0.395. The number of unbranched alkanes of at least 4 members (excludes halogenated alkanes) is 3. The Labute approximate surface area is 95.0 Å². The number of hydrogen-bond donors (Lipinski definition) is 0. The molecule has 0 saturated heterocycles. The lowest BCUT2D eigenvalue weighted by atomic mass is 9.88. The standard InChI is InChI=1S/C13H27NO/c1-6-8-9-10-11-12(15)13(3,7-2)14(4)5/h6-11H2,1-5H3. The molecule has 0 N–H and O–H groups in total. The Hall–Kier alpha value is -0.370. The van der Waals surface area contributed by atoms with Gasteiger partial charge in [-0.3, -0.25) is 9.69 Å². The van der Waals surface area contributed by atoms with Crippen molar-refractivity contribution >= 4 is 5.78 Å². The van der Waals surface area contributed by atoms with Crippen LogP contribution in [0.25, 0.3) is 0 Å². The van der Waals surface area contributed by atoms with Crippen molar-refractivity contribution in [2.24, 2.45) is 0 Å². The van der Waals surface area contributed by atoms with E-state index in [0.717, 1.165) is 19.3 Å². The number of rotatable bonds is 8. The Balaban J connectivity index is 4.06. The average molecular weight is 213 g/mol. The fraction of sp³-hybridized carbons (Fsp3) is 0.923. The summed E-state index contributed by atoms with van der Waals surface area (Å²) < 4.78 is 0. The van der Waals surface area contributed by atoms with Gasteiger partial charge in [0.05, 0.1) is 5.54 Å². The molecule has 1 unspecified atom stereocenters. The molecule has 0 saturated carbocycles. The zero-order chi connectivity index (χ0) is 11.9.